The highest BCUT2D eigenvalue weighted by Crippen LogP contribution is 2.42. The molecular formula is C39H44ClFN4O8S2. The quantitative estimate of drug-likeness (QED) is 0.0637. The molecule has 3 aromatic heterocycles. The minimum atomic E-state index is -1.53. The number of fused-ring (bicyclic) bond motifs is 1. The number of amides is 1. The van der Waals surface area contributed by atoms with E-state index in [2.05, 4.69) is 20.5 Å². The van der Waals surface area contributed by atoms with Gasteiger partial charge >= 0.3 is 5.97 Å². The van der Waals surface area contributed by atoms with Gasteiger partial charge in [0.25, 0.3) is 0 Å². The fourth-order valence-electron chi connectivity index (χ4n) is 7.01. The fraction of sp³-hybridized carbons (Fsp3) is 0.359. The van der Waals surface area contributed by atoms with Crippen LogP contribution in [0.5, 0.6) is 11.5 Å². The van der Waals surface area contributed by atoms with Crippen molar-refractivity contribution in [3.05, 3.63) is 108 Å². The second-order valence-electron chi connectivity index (χ2n) is 13.3. The average molecular weight is 815 g/mol. The number of ether oxygens (including phenoxy) is 2. The van der Waals surface area contributed by atoms with Crippen molar-refractivity contribution in [3.8, 4) is 11.5 Å². The lowest BCUT2D eigenvalue weighted by Gasteiger charge is -2.38. The van der Waals surface area contributed by atoms with E-state index >= 15 is 0 Å². The molecule has 5 aromatic rings. The van der Waals surface area contributed by atoms with Crippen molar-refractivity contribution in [2.45, 2.75) is 62.5 Å². The minimum Gasteiger partial charge on any atom is -0.506 e. The number of nitrogens with zero attached hydrogens (tertiary/aromatic N) is 1. The van der Waals surface area contributed by atoms with Crippen LogP contribution in [0.2, 0.25) is 5.02 Å². The van der Waals surface area contributed by atoms with Crippen LogP contribution < -0.4 is 20.9 Å². The first-order valence-electron chi connectivity index (χ1n) is 17.6. The van der Waals surface area contributed by atoms with Crippen molar-refractivity contribution in [3.63, 3.8) is 0 Å². The summed E-state index contributed by atoms with van der Waals surface area (Å²) in [4.78, 5) is 43.7. The Bertz CT molecular complexity index is 2090. The zero-order valence-electron chi connectivity index (χ0n) is 30.2. The second-order valence-corrected chi connectivity index (χ2v) is 15.6. The lowest BCUT2D eigenvalue weighted by molar-refractivity contribution is -0.170. The summed E-state index contributed by atoms with van der Waals surface area (Å²) < 4.78 is 12.1. The van der Waals surface area contributed by atoms with Gasteiger partial charge in [0.15, 0.2) is 0 Å². The topological polar surface area (TPSA) is 173 Å². The smallest absolute Gasteiger partial charge is 0.347 e. The van der Waals surface area contributed by atoms with Crippen molar-refractivity contribution in [2.24, 2.45) is 0 Å². The first kappa shape index (κ1) is 41.8. The van der Waals surface area contributed by atoms with Gasteiger partial charge in [0.05, 0.1) is 45.3 Å². The standard InChI is InChI=1S/C39H43ClN4O8S2.FH/c1-44(24-7-9-25(10-8-24)52-39(38(49)50,33-5-3-17-53-33)34-6-4-18-54-34)16-15-36(48)42-29-20-32(51-2)23(19-28(29)40)21-41-22-31(46)26-11-13-30(45)37-27(26)12-14-35(47)43-37;/h3-6,11-14,17-20,24-25,31,41,45-46H,7-10,15-16,21-22H2,1-2H3,(H,42,48)(H,43,47)(H,49,50);1H/t24?,25?,31-;/m0./s1. The maximum absolute atomic E-state index is 13.1. The van der Waals surface area contributed by atoms with Crippen LogP contribution in [-0.2, 0) is 26.5 Å². The Morgan fingerprint density at radius 2 is 1.75 bits per heavy atom. The maximum atomic E-state index is 13.1. The number of phenolic OH excluding ortho intramolecular Hbond substituents is 1. The number of hydrogen-bond acceptors (Lipinski definition) is 11. The van der Waals surface area contributed by atoms with E-state index in [1.165, 1.54) is 41.9 Å². The summed E-state index contributed by atoms with van der Waals surface area (Å²) in [5.41, 5.74) is 0.0636. The average Bonchev–Trinajstić information content (AvgIpc) is 3.91. The third-order valence-electron chi connectivity index (χ3n) is 9.90. The van der Waals surface area contributed by atoms with Gasteiger partial charge in [0.2, 0.25) is 17.1 Å². The molecule has 0 bridgehead atoms. The van der Waals surface area contributed by atoms with Gasteiger partial charge in [-0.15, -0.1) is 22.7 Å². The molecule has 16 heteroatoms. The van der Waals surface area contributed by atoms with E-state index in [-0.39, 0.29) is 52.5 Å². The number of methoxy groups -OCH3 is 1. The number of aliphatic hydroxyl groups is 1. The van der Waals surface area contributed by atoms with E-state index in [1.807, 2.05) is 42.1 Å². The number of H-pyrrole nitrogens is 1. The van der Waals surface area contributed by atoms with Gasteiger partial charge < -0.3 is 45.3 Å². The summed E-state index contributed by atoms with van der Waals surface area (Å²) in [7, 11) is 3.52. The normalized spacial score (nSPS) is 16.5. The van der Waals surface area contributed by atoms with Crippen molar-refractivity contribution < 1.29 is 39.1 Å². The number of benzene rings is 2. The van der Waals surface area contributed by atoms with Gasteiger partial charge in [-0.2, -0.15) is 0 Å². The molecule has 3 heterocycles. The number of carbonyl (C=O) groups is 2. The Morgan fingerprint density at radius 1 is 1.05 bits per heavy atom. The number of aromatic hydroxyl groups is 1. The number of thiophene rings is 2. The zero-order valence-corrected chi connectivity index (χ0v) is 32.6. The van der Waals surface area contributed by atoms with Crippen LogP contribution in [0.3, 0.4) is 0 Å². The van der Waals surface area contributed by atoms with Crippen molar-refractivity contribution in [2.75, 3.05) is 32.6 Å². The largest absolute Gasteiger partial charge is 0.506 e. The van der Waals surface area contributed by atoms with E-state index in [1.54, 1.807) is 24.3 Å². The first-order valence-corrected chi connectivity index (χ1v) is 19.7. The molecule has 1 saturated carbocycles. The molecule has 294 valence electrons. The Labute approximate surface area is 330 Å². The van der Waals surface area contributed by atoms with E-state index in [9.17, 15) is 29.7 Å². The van der Waals surface area contributed by atoms with Crippen molar-refractivity contribution in [1.29, 1.82) is 0 Å². The summed E-state index contributed by atoms with van der Waals surface area (Å²) in [6, 6.07) is 16.9. The van der Waals surface area contributed by atoms with Gasteiger partial charge in [-0.05, 0) is 79.4 Å². The number of halogens is 2. The summed E-state index contributed by atoms with van der Waals surface area (Å²) in [5.74, 6) is -0.789. The molecule has 1 aliphatic carbocycles. The van der Waals surface area contributed by atoms with E-state index in [0.717, 1.165) is 18.4 Å². The van der Waals surface area contributed by atoms with Crippen LogP contribution in [0.15, 0.2) is 76.2 Å². The number of carboxylic acid groups (broad SMARTS) is 1. The number of aromatic amines is 1. The Hall–Kier alpha value is -4.35. The van der Waals surface area contributed by atoms with Crippen LogP contribution in [-0.4, -0.2) is 76.5 Å². The molecule has 0 unspecified atom stereocenters. The molecule has 6 N–H and O–H groups in total. The summed E-state index contributed by atoms with van der Waals surface area (Å²) >= 11 is 9.37. The highest BCUT2D eigenvalue weighted by Gasteiger charge is 2.48. The SMILES string of the molecule is COc1cc(NC(=O)CCN(C)C2CCC(OC(C(=O)O)(c3cccs3)c3cccs3)CC2)c(Cl)cc1CNC[C@H](O)c1ccc(O)c2[nH]c(=O)ccc12.F. The third kappa shape index (κ3) is 9.38. The lowest BCUT2D eigenvalue weighted by Crippen LogP contribution is -2.44. The fourth-order valence-corrected chi connectivity index (χ4v) is 9.05. The van der Waals surface area contributed by atoms with Crippen molar-refractivity contribution in [1.82, 2.24) is 15.2 Å². The van der Waals surface area contributed by atoms with Crippen LogP contribution in [0.4, 0.5) is 10.4 Å². The third-order valence-corrected chi connectivity index (χ3v) is 12.2. The Kier molecular flexibility index (Phi) is 14.1. The van der Waals surface area contributed by atoms with Gasteiger partial charge in [0, 0.05) is 55.2 Å². The molecule has 1 atom stereocenters. The predicted octanol–water partition coefficient (Wildman–Crippen LogP) is 6.61. The summed E-state index contributed by atoms with van der Waals surface area (Å²) in [6.07, 6.45) is 2.13. The number of aromatic nitrogens is 1. The molecule has 1 aliphatic rings. The molecule has 6 rings (SSSR count). The molecule has 12 nitrogen and oxygen atoms in total. The number of phenols is 1. The molecule has 1 amide bonds. The van der Waals surface area contributed by atoms with E-state index in [4.69, 9.17) is 21.1 Å². The highest BCUT2D eigenvalue weighted by molar-refractivity contribution is 7.12. The van der Waals surface area contributed by atoms with E-state index < -0.39 is 17.7 Å². The van der Waals surface area contributed by atoms with Crippen LogP contribution in [0.1, 0.15) is 59.1 Å². The number of aliphatic hydroxyl groups excluding tert-OH is 1. The molecule has 0 radical (unpaired) electrons. The molecule has 2 aromatic carbocycles. The lowest BCUT2D eigenvalue weighted by atomic mass is 9.90. The Balaban J connectivity index is 0.00000580. The second kappa shape index (κ2) is 18.5. The zero-order chi connectivity index (χ0) is 38.4. The Morgan fingerprint density at radius 3 is 2.36 bits per heavy atom. The molecular weight excluding hydrogens is 771 g/mol. The van der Waals surface area contributed by atoms with Crippen LogP contribution in [0.25, 0.3) is 10.9 Å². The number of aliphatic carboxylic acids is 1. The number of nitrogens with one attached hydrogen (secondary N) is 3. The van der Waals surface area contributed by atoms with E-state index in [0.29, 0.717) is 63.1 Å². The number of carboxylic acids is 1. The minimum absolute atomic E-state index is 0. The number of pyridine rings is 1. The maximum Gasteiger partial charge on any atom is 0.347 e. The molecule has 0 saturated heterocycles. The first-order chi connectivity index (χ1) is 26.0. The van der Waals surface area contributed by atoms with Gasteiger partial charge in [-0.3, -0.25) is 14.3 Å². The monoisotopic (exact) mass is 814 g/mol. The summed E-state index contributed by atoms with van der Waals surface area (Å²) in [6.45, 7) is 0.989. The number of carbonyl (C=O) groups excluding carboxylic acids is 1. The number of anilines is 1. The van der Waals surface area contributed by atoms with Crippen molar-refractivity contribution >= 4 is 62.7 Å². The molecule has 55 heavy (non-hydrogen) atoms. The predicted molar refractivity (Wildman–Crippen MR) is 213 cm³/mol. The molecule has 0 aliphatic heterocycles. The van der Waals surface area contributed by atoms with Gasteiger partial charge in [0.1, 0.15) is 11.5 Å². The van der Waals surface area contributed by atoms with Gasteiger partial charge in [-0.1, -0.05) is 29.8 Å². The number of hydrogen-bond donors (Lipinski definition) is 6. The van der Waals surface area contributed by atoms with Crippen LogP contribution >= 0.6 is 34.3 Å². The highest BCUT2D eigenvalue weighted by atomic mass is 35.5. The molecule has 1 fully saturated rings. The molecule has 0 spiro atoms. The number of rotatable bonds is 16. The van der Waals surface area contributed by atoms with Crippen LogP contribution in [0, 0.1) is 0 Å². The van der Waals surface area contributed by atoms with Gasteiger partial charge in [-0.25, -0.2) is 4.79 Å². The summed E-state index contributed by atoms with van der Waals surface area (Å²) in [5, 5.41) is 42.2.